The van der Waals surface area contributed by atoms with Crippen LogP contribution in [0.25, 0.3) is 22.3 Å². The maximum Gasteiger partial charge on any atom is 0.287 e. The Balaban J connectivity index is 1.46. The Labute approximate surface area is 160 Å². The van der Waals surface area contributed by atoms with Crippen molar-refractivity contribution in [2.75, 3.05) is 14.2 Å². The standard InChI is InChI=1S/C21H18N2O5/c1-25-16-7-3-5-13(9-16)18-11-15(23-28-18)12-22-21(24)19-10-14-6-4-8-17(26-2)20(14)27-19/h3-11H,12H2,1-2H3,(H,22,24). The van der Waals surface area contributed by atoms with E-state index >= 15 is 0 Å². The van der Waals surface area contributed by atoms with Crippen molar-refractivity contribution in [1.29, 1.82) is 0 Å². The highest BCUT2D eigenvalue weighted by Crippen LogP contribution is 2.28. The Kier molecular flexibility index (Phi) is 4.72. The Morgan fingerprint density at radius 2 is 1.93 bits per heavy atom. The van der Waals surface area contributed by atoms with Crippen LogP contribution in [0.4, 0.5) is 0 Å². The van der Waals surface area contributed by atoms with Crippen molar-refractivity contribution < 1.29 is 23.2 Å². The first kappa shape index (κ1) is 17.7. The normalized spacial score (nSPS) is 10.8. The largest absolute Gasteiger partial charge is 0.497 e. The van der Waals surface area contributed by atoms with Gasteiger partial charge in [0, 0.05) is 17.0 Å². The number of hydrogen-bond donors (Lipinski definition) is 1. The Morgan fingerprint density at radius 1 is 1.07 bits per heavy atom. The summed E-state index contributed by atoms with van der Waals surface area (Å²) in [6.07, 6.45) is 0. The molecule has 0 fully saturated rings. The highest BCUT2D eigenvalue weighted by atomic mass is 16.5. The number of ether oxygens (including phenoxy) is 2. The van der Waals surface area contributed by atoms with Gasteiger partial charge >= 0.3 is 0 Å². The van der Waals surface area contributed by atoms with Gasteiger partial charge in [-0.1, -0.05) is 29.4 Å². The Bertz CT molecular complexity index is 1130. The number of carbonyl (C=O) groups excluding carboxylic acids is 1. The predicted octanol–water partition coefficient (Wildman–Crippen LogP) is 4.04. The molecule has 1 N–H and O–H groups in total. The van der Waals surface area contributed by atoms with E-state index in [-0.39, 0.29) is 18.2 Å². The number of aromatic nitrogens is 1. The zero-order chi connectivity index (χ0) is 19.5. The molecule has 0 aliphatic rings. The number of amides is 1. The van der Waals surface area contributed by atoms with Crippen molar-refractivity contribution in [1.82, 2.24) is 10.5 Å². The molecule has 0 unspecified atom stereocenters. The van der Waals surface area contributed by atoms with E-state index in [1.165, 1.54) is 0 Å². The van der Waals surface area contributed by atoms with Gasteiger partial charge in [0.05, 0.1) is 20.8 Å². The third kappa shape index (κ3) is 3.42. The fraction of sp³-hybridized carbons (Fsp3) is 0.143. The van der Waals surface area contributed by atoms with Crippen molar-refractivity contribution >= 4 is 16.9 Å². The number of furan rings is 1. The minimum atomic E-state index is -0.343. The van der Waals surface area contributed by atoms with Crippen LogP contribution in [0.3, 0.4) is 0 Å². The van der Waals surface area contributed by atoms with Gasteiger partial charge in [0.25, 0.3) is 5.91 Å². The lowest BCUT2D eigenvalue weighted by atomic mass is 10.1. The Morgan fingerprint density at radius 3 is 2.75 bits per heavy atom. The lowest BCUT2D eigenvalue weighted by Crippen LogP contribution is -2.22. The van der Waals surface area contributed by atoms with Gasteiger partial charge in [-0.25, -0.2) is 0 Å². The lowest BCUT2D eigenvalue weighted by Gasteiger charge is -2.00. The third-order valence-corrected chi connectivity index (χ3v) is 4.29. The number of nitrogens with zero attached hydrogens (tertiary/aromatic N) is 1. The van der Waals surface area contributed by atoms with Crippen molar-refractivity contribution in [2.24, 2.45) is 0 Å². The summed E-state index contributed by atoms with van der Waals surface area (Å²) in [6.45, 7) is 0.209. The van der Waals surface area contributed by atoms with Crippen LogP contribution in [0.5, 0.6) is 11.5 Å². The molecule has 0 atom stereocenters. The number of carbonyl (C=O) groups is 1. The van der Waals surface area contributed by atoms with E-state index < -0.39 is 0 Å². The number of para-hydroxylation sites is 1. The zero-order valence-electron chi connectivity index (χ0n) is 15.4. The van der Waals surface area contributed by atoms with Crippen LogP contribution in [-0.4, -0.2) is 25.3 Å². The number of fused-ring (bicyclic) bond motifs is 1. The van der Waals surface area contributed by atoms with Crippen LogP contribution >= 0.6 is 0 Å². The van der Waals surface area contributed by atoms with Crippen LogP contribution in [0.2, 0.25) is 0 Å². The molecule has 28 heavy (non-hydrogen) atoms. The number of methoxy groups -OCH3 is 2. The van der Waals surface area contributed by atoms with Crippen molar-refractivity contribution in [3.05, 3.63) is 66.1 Å². The molecular weight excluding hydrogens is 360 g/mol. The number of nitrogens with one attached hydrogen (secondary N) is 1. The summed E-state index contributed by atoms with van der Waals surface area (Å²) in [5.74, 6) is 1.76. The van der Waals surface area contributed by atoms with Crippen LogP contribution in [0.1, 0.15) is 16.2 Å². The van der Waals surface area contributed by atoms with Gasteiger partial charge in [0.2, 0.25) is 0 Å². The molecule has 4 rings (SSSR count). The zero-order valence-corrected chi connectivity index (χ0v) is 15.4. The second-order valence-corrected chi connectivity index (χ2v) is 6.09. The molecule has 0 bridgehead atoms. The predicted molar refractivity (Wildman–Crippen MR) is 102 cm³/mol. The first-order valence-corrected chi connectivity index (χ1v) is 8.62. The average Bonchev–Trinajstić information content (AvgIpc) is 3.39. The van der Waals surface area contributed by atoms with Crippen LogP contribution in [0.15, 0.2) is 63.5 Å². The highest BCUT2D eigenvalue weighted by molar-refractivity contribution is 5.97. The van der Waals surface area contributed by atoms with E-state index in [4.69, 9.17) is 18.4 Å². The summed E-state index contributed by atoms with van der Waals surface area (Å²) in [5.41, 5.74) is 1.98. The summed E-state index contributed by atoms with van der Waals surface area (Å²) < 4.78 is 21.5. The van der Waals surface area contributed by atoms with Crippen molar-refractivity contribution in [2.45, 2.75) is 6.54 Å². The Hall–Kier alpha value is -3.74. The molecule has 2 aromatic carbocycles. The smallest absolute Gasteiger partial charge is 0.287 e. The van der Waals surface area contributed by atoms with Gasteiger partial charge in [-0.3, -0.25) is 4.79 Å². The molecule has 0 saturated heterocycles. The maximum atomic E-state index is 12.4. The van der Waals surface area contributed by atoms with Crippen LogP contribution in [0, 0.1) is 0 Å². The summed E-state index contributed by atoms with van der Waals surface area (Å²) in [6, 6.07) is 16.4. The molecule has 0 radical (unpaired) electrons. The molecule has 0 spiro atoms. The fourth-order valence-electron chi connectivity index (χ4n) is 2.87. The monoisotopic (exact) mass is 378 g/mol. The summed E-state index contributed by atoms with van der Waals surface area (Å²) in [5, 5.41) is 7.58. The number of rotatable bonds is 6. The second kappa shape index (κ2) is 7.48. The molecule has 2 aromatic heterocycles. The number of benzene rings is 2. The molecule has 2 heterocycles. The van der Waals surface area contributed by atoms with Crippen molar-refractivity contribution in [3.8, 4) is 22.8 Å². The number of hydrogen-bond acceptors (Lipinski definition) is 6. The average molecular weight is 378 g/mol. The molecule has 7 heteroatoms. The lowest BCUT2D eigenvalue weighted by molar-refractivity contribution is 0.0924. The van der Waals surface area contributed by atoms with Crippen LogP contribution in [-0.2, 0) is 6.54 Å². The minimum Gasteiger partial charge on any atom is -0.497 e. The topological polar surface area (TPSA) is 86.7 Å². The summed E-state index contributed by atoms with van der Waals surface area (Å²) >= 11 is 0. The third-order valence-electron chi connectivity index (χ3n) is 4.29. The minimum absolute atomic E-state index is 0.205. The van der Waals surface area contributed by atoms with Crippen molar-refractivity contribution in [3.63, 3.8) is 0 Å². The van der Waals surface area contributed by atoms with E-state index in [1.807, 2.05) is 36.4 Å². The summed E-state index contributed by atoms with van der Waals surface area (Å²) in [7, 11) is 3.16. The van der Waals surface area contributed by atoms with E-state index in [2.05, 4.69) is 10.5 Å². The van der Waals surface area contributed by atoms with E-state index in [0.717, 1.165) is 16.7 Å². The van der Waals surface area contributed by atoms with E-state index in [1.54, 1.807) is 32.4 Å². The molecule has 142 valence electrons. The fourth-order valence-corrected chi connectivity index (χ4v) is 2.87. The molecule has 1 amide bonds. The van der Waals surface area contributed by atoms with Gasteiger partial charge in [-0.05, 0) is 24.3 Å². The first-order valence-electron chi connectivity index (χ1n) is 8.62. The molecule has 0 aliphatic heterocycles. The maximum absolute atomic E-state index is 12.4. The molecule has 7 nitrogen and oxygen atoms in total. The molecular formula is C21H18N2O5. The van der Waals surface area contributed by atoms with E-state index in [9.17, 15) is 4.79 Å². The molecule has 4 aromatic rings. The van der Waals surface area contributed by atoms with Gasteiger partial charge in [0.1, 0.15) is 11.4 Å². The second-order valence-electron chi connectivity index (χ2n) is 6.09. The molecule has 0 saturated carbocycles. The van der Waals surface area contributed by atoms with Gasteiger partial charge in [0.15, 0.2) is 22.9 Å². The van der Waals surface area contributed by atoms with E-state index in [0.29, 0.717) is 22.8 Å². The quantitative estimate of drug-likeness (QED) is 0.545. The van der Waals surface area contributed by atoms with Crippen LogP contribution < -0.4 is 14.8 Å². The summed E-state index contributed by atoms with van der Waals surface area (Å²) in [4.78, 5) is 12.4. The van der Waals surface area contributed by atoms with Gasteiger partial charge < -0.3 is 23.7 Å². The molecule has 0 aliphatic carbocycles. The first-order chi connectivity index (χ1) is 13.7. The van der Waals surface area contributed by atoms with Gasteiger partial charge in [-0.15, -0.1) is 0 Å². The SMILES string of the molecule is COc1cccc(-c2cc(CNC(=O)c3cc4cccc(OC)c4o3)no2)c1. The highest BCUT2D eigenvalue weighted by Gasteiger charge is 2.15. The van der Waals surface area contributed by atoms with Gasteiger partial charge in [-0.2, -0.15) is 0 Å².